The van der Waals surface area contributed by atoms with E-state index in [2.05, 4.69) is 14.5 Å². The van der Waals surface area contributed by atoms with Gasteiger partial charge in [0.25, 0.3) is 0 Å². The van der Waals surface area contributed by atoms with E-state index >= 15 is 0 Å². The average molecular weight is 457 g/mol. The molecule has 0 aliphatic heterocycles. The van der Waals surface area contributed by atoms with E-state index in [4.69, 9.17) is 0 Å². The van der Waals surface area contributed by atoms with Gasteiger partial charge in [-0.3, -0.25) is 9.78 Å². The maximum absolute atomic E-state index is 12.3. The summed E-state index contributed by atoms with van der Waals surface area (Å²) < 4.78 is 81.5. The highest BCUT2D eigenvalue weighted by atomic mass is 19.4. The van der Waals surface area contributed by atoms with Crippen LogP contribution >= 0.6 is 0 Å². The van der Waals surface area contributed by atoms with E-state index in [1.54, 1.807) is 0 Å². The predicted octanol–water partition coefficient (Wildman–Crippen LogP) is 5.84. The number of carboxylic acids is 1. The van der Waals surface area contributed by atoms with Crippen molar-refractivity contribution < 1.29 is 45.7 Å². The Morgan fingerprint density at radius 3 is 1.66 bits per heavy atom. The van der Waals surface area contributed by atoms with Crippen molar-refractivity contribution in [2.45, 2.75) is 19.1 Å². The van der Waals surface area contributed by atoms with Crippen LogP contribution in [0.25, 0.3) is 22.4 Å². The number of ether oxygens (including phenoxy) is 2. The standard InChI is InChI=1S/C21H13F6NO4/c22-20(23,24)31-14-5-1-12(2-6-14)16-9-10-17(28-18(16)11-19(29)30)13-3-7-15(8-4-13)32-21(25,26)27/h1-10H,11H2,(H,29,30). The molecule has 32 heavy (non-hydrogen) atoms. The van der Waals surface area contributed by atoms with Crippen LogP contribution in [0.15, 0.2) is 60.7 Å². The predicted molar refractivity (Wildman–Crippen MR) is 99.8 cm³/mol. The first-order chi connectivity index (χ1) is 14.9. The van der Waals surface area contributed by atoms with Crippen LogP contribution in [-0.2, 0) is 11.2 Å². The fourth-order valence-corrected chi connectivity index (χ4v) is 2.87. The van der Waals surface area contributed by atoms with Gasteiger partial charge in [0.1, 0.15) is 11.5 Å². The lowest BCUT2D eigenvalue weighted by atomic mass is 10.00. The second kappa shape index (κ2) is 8.77. The number of hydrogen-bond acceptors (Lipinski definition) is 4. The molecule has 0 aliphatic carbocycles. The molecule has 3 aromatic rings. The fourth-order valence-electron chi connectivity index (χ4n) is 2.87. The number of aliphatic carboxylic acids is 1. The van der Waals surface area contributed by atoms with Gasteiger partial charge in [0.15, 0.2) is 0 Å². The van der Waals surface area contributed by atoms with E-state index in [1.165, 1.54) is 36.4 Å². The molecule has 0 saturated carbocycles. The first-order valence-corrected chi connectivity index (χ1v) is 8.84. The van der Waals surface area contributed by atoms with Gasteiger partial charge < -0.3 is 14.6 Å². The number of benzene rings is 2. The number of rotatable bonds is 6. The zero-order valence-corrected chi connectivity index (χ0v) is 15.9. The van der Waals surface area contributed by atoms with Crippen molar-refractivity contribution in [2.24, 2.45) is 0 Å². The first-order valence-electron chi connectivity index (χ1n) is 8.84. The molecule has 0 spiro atoms. The third-order valence-corrected chi connectivity index (χ3v) is 4.08. The maximum Gasteiger partial charge on any atom is 0.573 e. The molecule has 1 heterocycles. The van der Waals surface area contributed by atoms with E-state index < -0.39 is 36.6 Å². The van der Waals surface area contributed by atoms with Crippen LogP contribution in [0, 0.1) is 0 Å². The molecular formula is C21H13F6NO4. The molecule has 1 aromatic heterocycles. The molecule has 0 unspecified atom stereocenters. The van der Waals surface area contributed by atoms with Crippen LogP contribution in [-0.4, -0.2) is 28.8 Å². The number of carbonyl (C=O) groups is 1. The number of carboxylic acid groups (broad SMARTS) is 1. The summed E-state index contributed by atoms with van der Waals surface area (Å²) >= 11 is 0. The number of alkyl halides is 6. The largest absolute Gasteiger partial charge is 0.573 e. The molecule has 0 fully saturated rings. The Balaban J connectivity index is 1.92. The summed E-state index contributed by atoms with van der Waals surface area (Å²) in [7, 11) is 0. The number of halogens is 6. The summed E-state index contributed by atoms with van der Waals surface area (Å²) in [4.78, 5) is 15.6. The Morgan fingerprint density at radius 1 is 0.750 bits per heavy atom. The summed E-state index contributed by atoms with van der Waals surface area (Å²) in [5.41, 5.74) is 1.60. The molecular weight excluding hydrogens is 444 g/mol. The Labute approximate surface area is 176 Å². The SMILES string of the molecule is O=C(O)Cc1nc(-c2ccc(OC(F)(F)F)cc2)ccc1-c1ccc(OC(F)(F)F)cc1. The molecule has 2 aromatic carbocycles. The third-order valence-electron chi connectivity index (χ3n) is 4.08. The zero-order valence-electron chi connectivity index (χ0n) is 15.9. The Hall–Kier alpha value is -3.76. The van der Waals surface area contributed by atoms with Crippen LogP contribution < -0.4 is 9.47 Å². The van der Waals surface area contributed by atoms with E-state index in [0.29, 0.717) is 22.4 Å². The Bertz CT molecular complexity index is 1090. The molecule has 0 radical (unpaired) electrons. The van der Waals surface area contributed by atoms with Gasteiger partial charge in [-0.1, -0.05) is 18.2 Å². The summed E-state index contributed by atoms with van der Waals surface area (Å²) in [6.07, 6.45) is -10.2. The van der Waals surface area contributed by atoms with E-state index in [9.17, 15) is 36.2 Å². The quantitative estimate of drug-likeness (QED) is 0.471. The van der Waals surface area contributed by atoms with Crippen molar-refractivity contribution in [2.75, 3.05) is 0 Å². The highest BCUT2D eigenvalue weighted by Crippen LogP contribution is 2.31. The molecule has 3 rings (SSSR count). The summed E-state index contributed by atoms with van der Waals surface area (Å²) in [6.45, 7) is 0. The molecule has 0 saturated heterocycles. The molecule has 0 amide bonds. The molecule has 5 nitrogen and oxygen atoms in total. The van der Waals surface area contributed by atoms with Crippen molar-refractivity contribution >= 4 is 5.97 Å². The number of hydrogen-bond donors (Lipinski definition) is 1. The minimum atomic E-state index is -4.85. The minimum Gasteiger partial charge on any atom is -0.481 e. The van der Waals surface area contributed by atoms with Crippen LogP contribution in [0.4, 0.5) is 26.3 Å². The zero-order chi connectivity index (χ0) is 23.5. The van der Waals surface area contributed by atoms with Gasteiger partial charge in [-0.25, -0.2) is 0 Å². The monoisotopic (exact) mass is 457 g/mol. The lowest BCUT2D eigenvalue weighted by Gasteiger charge is -2.13. The molecule has 0 aliphatic rings. The second-order valence-corrected chi connectivity index (χ2v) is 6.41. The van der Waals surface area contributed by atoms with Gasteiger partial charge in [0.2, 0.25) is 0 Å². The summed E-state index contributed by atoms with van der Waals surface area (Å²) in [6, 6.07) is 12.7. The maximum atomic E-state index is 12.3. The van der Waals surface area contributed by atoms with E-state index in [0.717, 1.165) is 24.3 Å². The lowest BCUT2D eigenvalue weighted by molar-refractivity contribution is -0.275. The van der Waals surface area contributed by atoms with Gasteiger partial charge in [0, 0.05) is 11.1 Å². The van der Waals surface area contributed by atoms with Gasteiger partial charge >= 0.3 is 18.7 Å². The summed E-state index contributed by atoms with van der Waals surface area (Å²) in [5, 5.41) is 9.21. The lowest BCUT2D eigenvalue weighted by Crippen LogP contribution is -2.17. The number of aromatic nitrogens is 1. The average Bonchev–Trinajstić information content (AvgIpc) is 2.66. The van der Waals surface area contributed by atoms with Crippen molar-refractivity contribution in [3.05, 3.63) is 66.4 Å². The number of nitrogens with zero attached hydrogens (tertiary/aromatic N) is 1. The smallest absolute Gasteiger partial charge is 0.481 e. The highest BCUT2D eigenvalue weighted by molar-refractivity contribution is 5.77. The third kappa shape index (κ3) is 6.37. The molecule has 168 valence electrons. The van der Waals surface area contributed by atoms with Gasteiger partial charge in [-0.15, -0.1) is 26.3 Å². The second-order valence-electron chi connectivity index (χ2n) is 6.41. The van der Waals surface area contributed by atoms with Crippen LogP contribution in [0.1, 0.15) is 5.69 Å². The van der Waals surface area contributed by atoms with Crippen LogP contribution in [0.2, 0.25) is 0 Å². The number of pyridine rings is 1. The summed E-state index contributed by atoms with van der Waals surface area (Å²) in [5.74, 6) is -2.06. The van der Waals surface area contributed by atoms with Gasteiger partial charge in [0.05, 0.1) is 17.8 Å². The Kier molecular flexibility index (Phi) is 6.28. The minimum absolute atomic E-state index is 0.120. The normalized spacial score (nSPS) is 11.8. The van der Waals surface area contributed by atoms with E-state index in [-0.39, 0.29) is 5.69 Å². The van der Waals surface area contributed by atoms with Crippen molar-refractivity contribution in [1.29, 1.82) is 0 Å². The van der Waals surface area contributed by atoms with E-state index in [1.807, 2.05) is 0 Å². The van der Waals surface area contributed by atoms with Crippen molar-refractivity contribution in [1.82, 2.24) is 4.98 Å². The topological polar surface area (TPSA) is 68.7 Å². The van der Waals surface area contributed by atoms with Crippen LogP contribution in [0.3, 0.4) is 0 Å². The van der Waals surface area contributed by atoms with Gasteiger partial charge in [-0.2, -0.15) is 0 Å². The Morgan fingerprint density at radius 2 is 1.22 bits per heavy atom. The fraction of sp³-hybridized carbons (Fsp3) is 0.143. The van der Waals surface area contributed by atoms with Crippen molar-refractivity contribution in [3.63, 3.8) is 0 Å². The first kappa shape index (κ1) is 22.9. The molecule has 0 atom stereocenters. The van der Waals surface area contributed by atoms with Crippen LogP contribution in [0.5, 0.6) is 11.5 Å². The highest BCUT2D eigenvalue weighted by Gasteiger charge is 2.31. The van der Waals surface area contributed by atoms with Crippen molar-refractivity contribution in [3.8, 4) is 33.9 Å². The molecule has 0 bridgehead atoms. The molecule has 11 heteroatoms. The van der Waals surface area contributed by atoms with Gasteiger partial charge in [-0.05, 0) is 48.0 Å². The molecule has 1 N–H and O–H groups in total.